The Kier molecular flexibility index (Phi) is 4.04. The lowest BCUT2D eigenvalue weighted by molar-refractivity contribution is 0.572. The molecule has 0 spiro atoms. The molecule has 0 amide bonds. The minimum absolute atomic E-state index is 0.0129. The van der Waals surface area contributed by atoms with Crippen molar-refractivity contribution in [2.45, 2.75) is 6.54 Å². The predicted molar refractivity (Wildman–Crippen MR) is 71.7 cm³/mol. The van der Waals surface area contributed by atoms with Gasteiger partial charge in [0, 0.05) is 10.0 Å². The third-order valence-corrected chi connectivity index (χ3v) is 3.51. The molecule has 1 heterocycles. The molecule has 0 aliphatic heterocycles. The van der Waals surface area contributed by atoms with Crippen LogP contribution in [0.25, 0.3) is 0 Å². The van der Waals surface area contributed by atoms with Gasteiger partial charge in [-0.2, -0.15) is 5.10 Å². The molecule has 0 radical (unpaired) electrons. The highest BCUT2D eigenvalue weighted by atomic mass is 79.9. The van der Waals surface area contributed by atoms with E-state index in [0.717, 1.165) is 4.68 Å². The van der Waals surface area contributed by atoms with Crippen LogP contribution in [0, 0.1) is 5.82 Å². The minimum atomic E-state index is -0.552. The zero-order valence-corrected chi connectivity index (χ0v) is 11.9. The zero-order valence-electron chi connectivity index (χ0n) is 8.83. The number of hydrogen-bond donors (Lipinski definition) is 0. The van der Waals surface area contributed by atoms with Crippen molar-refractivity contribution >= 4 is 39.1 Å². The van der Waals surface area contributed by atoms with Crippen LogP contribution in [0.2, 0.25) is 10.0 Å². The summed E-state index contributed by atoms with van der Waals surface area (Å²) in [6.07, 6.45) is 1.25. The third-order valence-electron chi connectivity index (χ3n) is 2.27. The number of halogens is 4. The van der Waals surface area contributed by atoms with Crippen LogP contribution in [0.15, 0.2) is 33.7 Å². The largest absolute Gasteiger partial charge is 0.287 e. The van der Waals surface area contributed by atoms with Crippen molar-refractivity contribution < 1.29 is 4.39 Å². The van der Waals surface area contributed by atoms with Gasteiger partial charge in [-0.05, 0) is 18.2 Å². The van der Waals surface area contributed by atoms with Gasteiger partial charge in [-0.3, -0.25) is 4.79 Å². The predicted octanol–water partition coefficient (Wildman–Crippen LogP) is 3.50. The minimum Gasteiger partial charge on any atom is -0.266 e. The van der Waals surface area contributed by atoms with Crippen molar-refractivity contribution in [1.82, 2.24) is 9.78 Å². The Balaban J connectivity index is 2.44. The Labute approximate surface area is 120 Å². The van der Waals surface area contributed by atoms with Crippen LogP contribution < -0.4 is 5.56 Å². The summed E-state index contributed by atoms with van der Waals surface area (Å²) in [7, 11) is 0. The lowest BCUT2D eigenvalue weighted by Crippen LogP contribution is -2.24. The molecule has 0 atom stereocenters. The number of nitrogens with zero attached hydrogens (tertiary/aromatic N) is 2. The van der Waals surface area contributed by atoms with E-state index >= 15 is 0 Å². The molecule has 0 unspecified atom stereocenters. The van der Waals surface area contributed by atoms with Crippen molar-refractivity contribution in [3.8, 4) is 0 Å². The smallest absolute Gasteiger partial charge is 0.266 e. The molecule has 3 nitrogen and oxygen atoms in total. The van der Waals surface area contributed by atoms with Crippen molar-refractivity contribution in [3.63, 3.8) is 0 Å². The molecule has 0 aliphatic carbocycles. The van der Waals surface area contributed by atoms with E-state index in [0.29, 0.717) is 10.0 Å². The lowest BCUT2D eigenvalue weighted by Gasteiger charge is -2.07. The Bertz CT molecular complexity index is 660. The SMILES string of the molecule is O=c1c(Cl)c(Cl)cnn1Cc1cc(Br)ccc1F. The van der Waals surface area contributed by atoms with Gasteiger partial charge in [0.1, 0.15) is 10.8 Å². The summed E-state index contributed by atoms with van der Waals surface area (Å²) >= 11 is 14.6. The number of benzene rings is 1. The molecule has 0 saturated carbocycles. The third kappa shape index (κ3) is 2.74. The highest BCUT2D eigenvalue weighted by Crippen LogP contribution is 2.18. The van der Waals surface area contributed by atoms with Crippen molar-refractivity contribution in [2.24, 2.45) is 0 Å². The fourth-order valence-electron chi connectivity index (χ4n) is 1.38. The molecular formula is C11H6BrCl2FN2O. The molecule has 1 aromatic heterocycles. The number of hydrogen-bond acceptors (Lipinski definition) is 2. The summed E-state index contributed by atoms with van der Waals surface area (Å²) in [5, 5.41) is 3.76. The molecule has 7 heteroatoms. The molecule has 2 aromatic rings. The van der Waals surface area contributed by atoms with Crippen LogP contribution in [0.1, 0.15) is 5.56 Å². The first-order valence-corrected chi connectivity index (χ1v) is 6.39. The van der Waals surface area contributed by atoms with Crippen LogP contribution in [0.3, 0.4) is 0 Å². The van der Waals surface area contributed by atoms with Gasteiger partial charge in [0.25, 0.3) is 5.56 Å². The summed E-state index contributed by atoms with van der Waals surface area (Å²) in [4.78, 5) is 11.7. The van der Waals surface area contributed by atoms with Gasteiger partial charge >= 0.3 is 0 Å². The van der Waals surface area contributed by atoms with Crippen molar-refractivity contribution in [2.75, 3.05) is 0 Å². The fraction of sp³-hybridized carbons (Fsp3) is 0.0909. The molecule has 0 aliphatic rings. The van der Waals surface area contributed by atoms with Gasteiger partial charge < -0.3 is 0 Å². The summed E-state index contributed by atoms with van der Waals surface area (Å²) in [6, 6.07) is 4.46. The van der Waals surface area contributed by atoms with E-state index in [1.54, 1.807) is 12.1 Å². The molecule has 0 fully saturated rings. The average molecular weight is 352 g/mol. The second-order valence-corrected chi connectivity index (χ2v) is 5.21. The van der Waals surface area contributed by atoms with E-state index in [-0.39, 0.29) is 16.6 Å². The Morgan fingerprint density at radius 3 is 2.83 bits per heavy atom. The van der Waals surface area contributed by atoms with E-state index < -0.39 is 11.4 Å². The Morgan fingerprint density at radius 1 is 1.39 bits per heavy atom. The lowest BCUT2D eigenvalue weighted by atomic mass is 10.2. The maximum atomic E-state index is 13.5. The van der Waals surface area contributed by atoms with Gasteiger partial charge in [0.15, 0.2) is 0 Å². The average Bonchev–Trinajstić information content (AvgIpc) is 2.34. The normalized spacial score (nSPS) is 10.7. The van der Waals surface area contributed by atoms with Gasteiger partial charge in [-0.15, -0.1) is 0 Å². The van der Waals surface area contributed by atoms with Crippen LogP contribution >= 0.6 is 39.1 Å². The molecular weight excluding hydrogens is 346 g/mol. The van der Waals surface area contributed by atoms with Gasteiger partial charge in [-0.1, -0.05) is 39.1 Å². The van der Waals surface area contributed by atoms with Crippen molar-refractivity contribution in [1.29, 1.82) is 0 Å². The Morgan fingerprint density at radius 2 is 2.11 bits per heavy atom. The molecule has 2 rings (SSSR count). The second-order valence-electron chi connectivity index (χ2n) is 3.51. The molecule has 0 N–H and O–H groups in total. The summed E-state index contributed by atoms with van der Waals surface area (Å²) < 4.78 is 15.3. The van der Waals surface area contributed by atoms with E-state index in [2.05, 4.69) is 21.0 Å². The first kappa shape index (κ1) is 13.5. The molecule has 94 valence electrons. The first-order valence-electron chi connectivity index (χ1n) is 4.84. The highest BCUT2D eigenvalue weighted by molar-refractivity contribution is 9.10. The molecule has 0 saturated heterocycles. The quantitative estimate of drug-likeness (QED) is 0.830. The first-order chi connectivity index (χ1) is 8.49. The maximum Gasteiger partial charge on any atom is 0.287 e. The molecule has 0 bridgehead atoms. The van der Waals surface area contributed by atoms with E-state index in [1.807, 2.05) is 0 Å². The van der Waals surface area contributed by atoms with Crippen LogP contribution in [-0.2, 0) is 6.54 Å². The number of rotatable bonds is 2. The van der Waals surface area contributed by atoms with Gasteiger partial charge in [-0.25, -0.2) is 9.07 Å². The van der Waals surface area contributed by atoms with E-state index in [4.69, 9.17) is 23.2 Å². The fourth-order valence-corrected chi connectivity index (χ4v) is 2.06. The van der Waals surface area contributed by atoms with E-state index in [1.165, 1.54) is 12.3 Å². The topological polar surface area (TPSA) is 34.9 Å². The summed E-state index contributed by atoms with van der Waals surface area (Å²) in [6.45, 7) is -0.0129. The second kappa shape index (κ2) is 5.38. The summed E-state index contributed by atoms with van der Waals surface area (Å²) in [5.41, 5.74) is -0.221. The van der Waals surface area contributed by atoms with Crippen LogP contribution in [-0.4, -0.2) is 9.78 Å². The van der Waals surface area contributed by atoms with Crippen LogP contribution in [0.5, 0.6) is 0 Å². The van der Waals surface area contributed by atoms with Gasteiger partial charge in [0.05, 0.1) is 17.8 Å². The standard InChI is InChI=1S/C11H6BrCl2FN2O/c12-7-1-2-9(15)6(3-7)5-17-11(18)10(14)8(13)4-16-17/h1-4H,5H2. The van der Waals surface area contributed by atoms with Gasteiger partial charge in [0.2, 0.25) is 0 Å². The van der Waals surface area contributed by atoms with E-state index in [9.17, 15) is 9.18 Å². The summed E-state index contributed by atoms with van der Waals surface area (Å²) in [5.74, 6) is -0.419. The number of aromatic nitrogens is 2. The Hall–Kier alpha value is -0.910. The highest BCUT2D eigenvalue weighted by Gasteiger charge is 2.10. The zero-order chi connectivity index (χ0) is 13.3. The van der Waals surface area contributed by atoms with Crippen LogP contribution in [0.4, 0.5) is 4.39 Å². The molecule has 1 aromatic carbocycles. The maximum absolute atomic E-state index is 13.5. The monoisotopic (exact) mass is 350 g/mol. The van der Waals surface area contributed by atoms with Crippen molar-refractivity contribution in [3.05, 3.63) is 60.6 Å². The molecule has 18 heavy (non-hydrogen) atoms.